The number of nitrogens with zero attached hydrogens (tertiary/aromatic N) is 3. The van der Waals surface area contributed by atoms with E-state index in [1.807, 2.05) is 12.1 Å². The normalized spacial score (nSPS) is 13.9. The number of carbonyl (C=O) groups is 2. The van der Waals surface area contributed by atoms with E-state index in [1.165, 1.54) is 30.5 Å². The van der Waals surface area contributed by atoms with Gasteiger partial charge in [-0.2, -0.15) is 0 Å². The summed E-state index contributed by atoms with van der Waals surface area (Å²) in [7, 11) is -3.93. The van der Waals surface area contributed by atoms with E-state index < -0.39 is 21.8 Å². The SMILES string of the molecule is CCCCc1ccc(N2C(=O)C(Cl)=C(Nc3ccc(S(=O)(=O)Nc4nccc(C)n4)cc3)C2=O)cc1. The first kappa shape index (κ1) is 25.3. The molecule has 0 radical (unpaired) electrons. The highest BCUT2D eigenvalue weighted by atomic mass is 35.5. The number of hydrogen-bond acceptors (Lipinski definition) is 7. The maximum atomic E-state index is 13.0. The molecule has 0 saturated heterocycles. The summed E-state index contributed by atoms with van der Waals surface area (Å²) in [6, 6.07) is 14.5. The molecule has 2 aromatic carbocycles. The van der Waals surface area contributed by atoms with Gasteiger partial charge in [0.1, 0.15) is 10.7 Å². The second-order valence-electron chi connectivity index (χ2n) is 8.18. The zero-order valence-electron chi connectivity index (χ0n) is 19.7. The molecular weight excluding hydrogens is 502 g/mol. The van der Waals surface area contributed by atoms with Gasteiger partial charge in [-0.25, -0.2) is 28.0 Å². The number of hydrogen-bond donors (Lipinski definition) is 2. The van der Waals surface area contributed by atoms with Crippen molar-refractivity contribution in [3.63, 3.8) is 0 Å². The standard InChI is InChI=1S/C25H24ClN5O4S/c1-3-4-5-17-6-10-19(11-7-17)31-23(32)21(26)22(24(31)33)29-18-8-12-20(13-9-18)36(34,35)30-25-27-15-14-16(2)28-25/h6-15,29H,3-5H2,1-2H3,(H,27,28,30). The van der Waals surface area contributed by atoms with Crippen LogP contribution >= 0.6 is 11.6 Å². The molecule has 2 amide bonds. The quantitative estimate of drug-likeness (QED) is 0.398. The van der Waals surface area contributed by atoms with Crippen LogP contribution in [-0.2, 0) is 26.0 Å². The van der Waals surface area contributed by atoms with Gasteiger partial charge < -0.3 is 5.32 Å². The molecule has 0 bridgehead atoms. The first-order valence-electron chi connectivity index (χ1n) is 11.3. The molecule has 0 saturated carbocycles. The number of amides is 2. The Labute approximate surface area is 214 Å². The summed E-state index contributed by atoms with van der Waals surface area (Å²) in [5.41, 5.74) is 2.46. The van der Waals surface area contributed by atoms with Crippen molar-refractivity contribution < 1.29 is 18.0 Å². The van der Waals surface area contributed by atoms with E-state index in [0.717, 1.165) is 29.7 Å². The molecule has 9 nitrogen and oxygen atoms in total. The van der Waals surface area contributed by atoms with Gasteiger partial charge in [0.2, 0.25) is 5.95 Å². The minimum Gasteiger partial charge on any atom is -0.350 e. The summed E-state index contributed by atoms with van der Waals surface area (Å²) < 4.78 is 27.6. The number of unbranched alkanes of at least 4 members (excludes halogenated alkanes) is 1. The van der Waals surface area contributed by atoms with Crippen LogP contribution in [0.1, 0.15) is 31.0 Å². The lowest BCUT2D eigenvalue weighted by Crippen LogP contribution is -2.32. The van der Waals surface area contributed by atoms with Crippen molar-refractivity contribution in [3.05, 3.63) is 82.8 Å². The van der Waals surface area contributed by atoms with E-state index >= 15 is 0 Å². The Morgan fingerprint density at radius 1 is 0.972 bits per heavy atom. The van der Waals surface area contributed by atoms with E-state index in [4.69, 9.17) is 11.6 Å². The van der Waals surface area contributed by atoms with Gasteiger partial charge in [0, 0.05) is 17.6 Å². The third-order valence-electron chi connectivity index (χ3n) is 5.50. The Balaban J connectivity index is 1.48. The lowest BCUT2D eigenvalue weighted by atomic mass is 10.1. The Morgan fingerprint density at radius 3 is 2.31 bits per heavy atom. The fourth-order valence-electron chi connectivity index (χ4n) is 3.58. The van der Waals surface area contributed by atoms with Crippen LogP contribution in [0.25, 0.3) is 0 Å². The molecule has 4 rings (SSSR count). The van der Waals surface area contributed by atoms with Gasteiger partial charge in [-0.15, -0.1) is 0 Å². The first-order valence-corrected chi connectivity index (χ1v) is 13.1. The largest absolute Gasteiger partial charge is 0.350 e. The highest BCUT2D eigenvalue weighted by molar-refractivity contribution is 7.92. The number of imide groups is 1. The van der Waals surface area contributed by atoms with Crippen LogP contribution in [0.5, 0.6) is 0 Å². The molecule has 186 valence electrons. The fraction of sp³-hybridized carbons (Fsp3) is 0.200. The monoisotopic (exact) mass is 525 g/mol. The van der Waals surface area contributed by atoms with Crippen molar-refractivity contribution in [1.29, 1.82) is 0 Å². The van der Waals surface area contributed by atoms with Crippen molar-refractivity contribution in [3.8, 4) is 0 Å². The molecule has 1 aromatic heterocycles. The van der Waals surface area contributed by atoms with Gasteiger partial charge >= 0.3 is 0 Å². The zero-order valence-corrected chi connectivity index (χ0v) is 21.2. The van der Waals surface area contributed by atoms with Crippen LogP contribution in [0.3, 0.4) is 0 Å². The van der Waals surface area contributed by atoms with Crippen LogP contribution in [0.2, 0.25) is 0 Å². The van der Waals surface area contributed by atoms with E-state index in [-0.39, 0.29) is 21.6 Å². The highest BCUT2D eigenvalue weighted by Gasteiger charge is 2.39. The molecule has 0 aliphatic carbocycles. The van der Waals surface area contributed by atoms with E-state index in [1.54, 1.807) is 25.1 Å². The number of aromatic nitrogens is 2. The number of rotatable bonds is 9. The van der Waals surface area contributed by atoms with Crippen molar-refractivity contribution >= 4 is 50.8 Å². The van der Waals surface area contributed by atoms with Gasteiger partial charge in [0.05, 0.1) is 10.6 Å². The number of aryl methyl sites for hydroxylation is 2. The average molecular weight is 526 g/mol. The minimum absolute atomic E-state index is 0.0307. The summed E-state index contributed by atoms with van der Waals surface area (Å²) in [5.74, 6) is -1.27. The first-order chi connectivity index (χ1) is 17.2. The maximum absolute atomic E-state index is 13.0. The second-order valence-corrected chi connectivity index (χ2v) is 10.2. The molecule has 1 aliphatic heterocycles. The van der Waals surface area contributed by atoms with Crippen LogP contribution in [0.4, 0.5) is 17.3 Å². The van der Waals surface area contributed by atoms with Gasteiger partial charge in [0.25, 0.3) is 21.8 Å². The number of carbonyl (C=O) groups excluding carboxylic acids is 2. The minimum atomic E-state index is -3.93. The van der Waals surface area contributed by atoms with E-state index in [2.05, 4.69) is 26.9 Å². The average Bonchev–Trinajstić information content (AvgIpc) is 3.06. The van der Waals surface area contributed by atoms with Crippen LogP contribution < -0.4 is 14.9 Å². The molecule has 2 heterocycles. The Bertz CT molecular complexity index is 1440. The zero-order chi connectivity index (χ0) is 25.9. The van der Waals surface area contributed by atoms with Crippen molar-refractivity contribution in [2.75, 3.05) is 14.9 Å². The topological polar surface area (TPSA) is 121 Å². The van der Waals surface area contributed by atoms with Gasteiger partial charge in [-0.1, -0.05) is 37.1 Å². The molecule has 0 atom stereocenters. The molecule has 0 fully saturated rings. The molecule has 11 heteroatoms. The predicted molar refractivity (Wildman–Crippen MR) is 138 cm³/mol. The third kappa shape index (κ3) is 5.39. The van der Waals surface area contributed by atoms with Crippen molar-refractivity contribution in [2.24, 2.45) is 0 Å². The van der Waals surface area contributed by atoms with E-state index in [9.17, 15) is 18.0 Å². The summed E-state index contributed by atoms with van der Waals surface area (Å²) in [5, 5.41) is 2.60. The molecule has 2 N–H and O–H groups in total. The fourth-order valence-corrected chi connectivity index (χ4v) is 4.74. The molecule has 0 unspecified atom stereocenters. The Morgan fingerprint density at radius 2 is 1.67 bits per heavy atom. The summed E-state index contributed by atoms with van der Waals surface area (Å²) in [6.45, 7) is 3.83. The lowest BCUT2D eigenvalue weighted by molar-refractivity contribution is -0.120. The van der Waals surface area contributed by atoms with E-state index in [0.29, 0.717) is 17.1 Å². The van der Waals surface area contributed by atoms with Crippen LogP contribution in [0, 0.1) is 6.92 Å². The Hall–Kier alpha value is -3.76. The van der Waals surface area contributed by atoms with Crippen LogP contribution in [0.15, 0.2) is 76.4 Å². The molecule has 0 spiro atoms. The van der Waals surface area contributed by atoms with Crippen LogP contribution in [-0.4, -0.2) is 30.2 Å². The molecule has 3 aromatic rings. The smallest absolute Gasteiger partial charge is 0.283 e. The van der Waals surface area contributed by atoms with Crippen molar-refractivity contribution in [2.45, 2.75) is 38.0 Å². The lowest BCUT2D eigenvalue weighted by Gasteiger charge is -2.15. The number of anilines is 3. The number of halogens is 1. The predicted octanol–water partition coefficient (Wildman–Crippen LogP) is 4.36. The summed E-state index contributed by atoms with van der Waals surface area (Å²) in [4.78, 5) is 34.7. The Kier molecular flexibility index (Phi) is 7.37. The van der Waals surface area contributed by atoms with Crippen molar-refractivity contribution in [1.82, 2.24) is 9.97 Å². The molecule has 36 heavy (non-hydrogen) atoms. The second kappa shape index (κ2) is 10.5. The maximum Gasteiger partial charge on any atom is 0.283 e. The number of nitrogens with one attached hydrogen (secondary N) is 2. The number of sulfonamides is 1. The van der Waals surface area contributed by atoms with Gasteiger partial charge in [-0.3, -0.25) is 9.59 Å². The third-order valence-corrected chi connectivity index (χ3v) is 7.19. The van der Waals surface area contributed by atoms with Gasteiger partial charge in [0.15, 0.2) is 0 Å². The number of benzene rings is 2. The molecule has 1 aliphatic rings. The summed E-state index contributed by atoms with van der Waals surface area (Å²) >= 11 is 6.21. The highest BCUT2D eigenvalue weighted by Crippen LogP contribution is 2.30. The molecular formula is C25H24ClN5O4S. The van der Waals surface area contributed by atoms with Gasteiger partial charge in [-0.05, 0) is 67.8 Å². The summed E-state index contributed by atoms with van der Waals surface area (Å²) in [6.07, 6.45) is 4.50.